The fraction of sp³-hybridized carbons (Fsp3) is 0.677. The molecule has 218 valence electrons. The van der Waals surface area contributed by atoms with Crippen molar-refractivity contribution in [1.29, 1.82) is 0 Å². The molecular formula is C31H43N3O6. The number of likely N-dealkylation sites (tertiary alicyclic amines) is 1. The zero-order valence-corrected chi connectivity index (χ0v) is 24.7. The largest absolute Gasteiger partial charge is 0.496 e. The van der Waals surface area contributed by atoms with Crippen LogP contribution in [-0.4, -0.2) is 83.6 Å². The van der Waals surface area contributed by atoms with Gasteiger partial charge in [0.15, 0.2) is 0 Å². The number of methoxy groups -OCH3 is 2. The molecule has 7 atom stereocenters. The normalized spacial score (nSPS) is 40.0. The highest BCUT2D eigenvalue weighted by atomic mass is 16.6. The molecule has 40 heavy (non-hydrogen) atoms. The van der Waals surface area contributed by atoms with Gasteiger partial charge in [-0.25, -0.2) is 0 Å². The standard InChI is InChI=1S/C31H43N3O6/c1-8-40-24-17-30(24,39-7)29(16-23(29)35)32-22-15-28(22)13-10-14-34(28)26(37)31(19(3)27(31,4)5)33-25(36)20-11-9-12-21(38-6)18(20)2/h9,11-12,15,19,23-24,32,35H,8,10,13-14,16-17H2,1-7H3,(H,33,36)/t19?,23?,24-,28?,29?,30?,31?/m0/s1. The Morgan fingerprint density at radius 2 is 1.90 bits per heavy atom. The van der Waals surface area contributed by atoms with Crippen molar-refractivity contribution >= 4 is 11.8 Å². The molecule has 9 heteroatoms. The Balaban J connectivity index is 1.23. The number of carbonyl (C=O) groups is 2. The molecule has 1 saturated heterocycles. The molecule has 9 nitrogen and oxygen atoms in total. The molecule has 6 unspecified atom stereocenters. The van der Waals surface area contributed by atoms with Crippen LogP contribution in [0.1, 0.15) is 69.3 Å². The first-order chi connectivity index (χ1) is 18.9. The third-order valence-electron chi connectivity index (χ3n) is 11.1. The topological polar surface area (TPSA) is 109 Å². The van der Waals surface area contributed by atoms with Gasteiger partial charge < -0.3 is 34.9 Å². The number of hydrogen-bond donors (Lipinski definition) is 3. The lowest BCUT2D eigenvalue weighted by atomic mass is 9.99. The van der Waals surface area contributed by atoms with Crippen LogP contribution in [0.15, 0.2) is 30.0 Å². The first-order valence-corrected chi connectivity index (χ1v) is 14.6. The van der Waals surface area contributed by atoms with Crippen molar-refractivity contribution in [3.8, 4) is 5.75 Å². The van der Waals surface area contributed by atoms with Crippen LogP contribution in [0.3, 0.4) is 0 Å². The number of aliphatic hydroxyl groups is 1. The van der Waals surface area contributed by atoms with E-state index >= 15 is 0 Å². The molecule has 3 saturated carbocycles. The first kappa shape index (κ1) is 27.5. The van der Waals surface area contributed by atoms with Gasteiger partial charge in [0.2, 0.25) is 5.91 Å². The maximum absolute atomic E-state index is 14.5. The number of nitrogens with one attached hydrogen (secondary N) is 2. The summed E-state index contributed by atoms with van der Waals surface area (Å²) < 4.78 is 17.3. The molecule has 3 N–H and O–H groups in total. The van der Waals surface area contributed by atoms with Gasteiger partial charge in [-0.2, -0.15) is 0 Å². The van der Waals surface area contributed by atoms with Crippen molar-refractivity contribution in [3.63, 3.8) is 0 Å². The van der Waals surface area contributed by atoms with Crippen molar-refractivity contribution in [2.24, 2.45) is 11.3 Å². The number of ether oxygens (including phenoxy) is 3. The smallest absolute Gasteiger partial charge is 0.252 e. The minimum absolute atomic E-state index is 0.0399. The van der Waals surface area contributed by atoms with E-state index in [1.54, 1.807) is 26.4 Å². The monoisotopic (exact) mass is 553 g/mol. The van der Waals surface area contributed by atoms with Crippen LogP contribution in [0.25, 0.3) is 0 Å². The van der Waals surface area contributed by atoms with Gasteiger partial charge in [0.1, 0.15) is 22.4 Å². The lowest BCUT2D eigenvalue weighted by Gasteiger charge is -2.35. The van der Waals surface area contributed by atoms with Crippen LogP contribution >= 0.6 is 0 Å². The highest BCUT2D eigenvalue weighted by Gasteiger charge is 2.80. The van der Waals surface area contributed by atoms with Gasteiger partial charge in [-0.1, -0.05) is 26.8 Å². The third kappa shape index (κ3) is 3.37. The summed E-state index contributed by atoms with van der Waals surface area (Å²) in [5, 5.41) is 17.7. The SMILES string of the molecule is CCO[C@H]1CC1(OC)C1(NC2=CC23CCCN3C(=O)C2(NC(=O)c3cccc(OC)c3C)C(C)C2(C)C)CC1O. The summed E-state index contributed by atoms with van der Waals surface area (Å²) in [6.07, 6.45) is 4.51. The Morgan fingerprint density at radius 1 is 1.20 bits per heavy atom. The molecule has 4 aliphatic carbocycles. The van der Waals surface area contributed by atoms with Crippen LogP contribution in [0.2, 0.25) is 0 Å². The van der Waals surface area contributed by atoms with Gasteiger partial charge in [-0.3, -0.25) is 9.59 Å². The second-order valence-corrected chi connectivity index (χ2v) is 12.9. The number of rotatable bonds is 10. The number of nitrogens with zero attached hydrogens (tertiary/aromatic N) is 1. The zero-order chi connectivity index (χ0) is 28.9. The van der Waals surface area contributed by atoms with Gasteiger partial charge in [-0.05, 0) is 50.8 Å². The molecule has 2 amide bonds. The molecule has 5 aliphatic rings. The number of hydrogen-bond acceptors (Lipinski definition) is 7. The van der Waals surface area contributed by atoms with Crippen LogP contribution in [0.5, 0.6) is 5.75 Å². The van der Waals surface area contributed by atoms with E-state index in [1.807, 2.05) is 31.7 Å². The fourth-order valence-electron chi connectivity index (χ4n) is 7.91. The van der Waals surface area contributed by atoms with Gasteiger partial charge in [-0.15, -0.1) is 0 Å². The molecule has 0 radical (unpaired) electrons. The van der Waals surface area contributed by atoms with Crippen molar-refractivity contribution in [3.05, 3.63) is 41.1 Å². The second-order valence-electron chi connectivity index (χ2n) is 12.9. The predicted octanol–water partition coefficient (Wildman–Crippen LogP) is 2.69. The van der Waals surface area contributed by atoms with Gasteiger partial charge in [0, 0.05) is 55.3 Å². The van der Waals surface area contributed by atoms with Crippen molar-refractivity contribution < 1.29 is 28.9 Å². The maximum atomic E-state index is 14.5. The molecule has 0 aromatic heterocycles. The van der Waals surface area contributed by atoms with Crippen LogP contribution in [-0.2, 0) is 14.3 Å². The number of benzene rings is 1. The summed E-state index contributed by atoms with van der Waals surface area (Å²) in [6, 6.07) is 5.39. The maximum Gasteiger partial charge on any atom is 0.252 e. The van der Waals surface area contributed by atoms with Crippen molar-refractivity contribution in [1.82, 2.24) is 15.5 Å². The first-order valence-electron chi connectivity index (χ1n) is 14.6. The quantitative estimate of drug-likeness (QED) is 0.409. The van der Waals surface area contributed by atoms with Crippen molar-refractivity contribution in [2.45, 2.75) is 94.7 Å². The highest BCUT2D eigenvalue weighted by Crippen LogP contribution is 2.65. The third-order valence-corrected chi connectivity index (χ3v) is 11.1. The van der Waals surface area contributed by atoms with E-state index in [1.165, 1.54) is 0 Å². The zero-order valence-electron chi connectivity index (χ0n) is 24.7. The Labute approximate surface area is 236 Å². The molecular weight excluding hydrogens is 510 g/mol. The second kappa shape index (κ2) is 8.69. The van der Waals surface area contributed by atoms with Crippen molar-refractivity contribution in [2.75, 3.05) is 27.4 Å². The molecule has 1 aromatic rings. The summed E-state index contributed by atoms with van der Waals surface area (Å²) in [6.45, 7) is 11.2. The minimum Gasteiger partial charge on any atom is -0.496 e. The number of carbonyl (C=O) groups excluding carboxylic acids is 2. The van der Waals surface area contributed by atoms with E-state index in [9.17, 15) is 14.7 Å². The predicted molar refractivity (Wildman–Crippen MR) is 149 cm³/mol. The molecule has 6 rings (SSSR count). The van der Waals surface area contributed by atoms with E-state index in [4.69, 9.17) is 14.2 Å². The number of amides is 2. The molecule has 1 aliphatic heterocycles. The summed E-state index contributed by atoms with van der Waals surface area (Å²) in [5.74, 6) is 0.284. The van der Waals surface area contributed by atoms with Gasteiger partial charge >= 0.3 is 0 Å². The molecule has 1 spiro atoms. The average Bonchev–Trinajstić information content (AvgIpc) is 3.88. The number of aliphatic hydroxyl groups excluding tert-OH is 1. The Morgan fingerprint density at radius 3 is 2.48 bits per heavy atom. The van der Waals surface area contributed by atoms with E-state index in [-0.39, 0.29) is 23.8 Å². The Bertz CT molecular complexity index is 1300. The molecule has 4 fully saturated rings. The average molecular weight is 554 g/mol. The lowest BCUT2D eigenvalue weighted by molar-refractivity contribution is -0.136. The van der Waals surface area contributed by atoms with Crippen LogP contribution in [0, 0.1) is 18.3 Å². The summed E-state index contributed by atoms with van der Waals surface area (Å²) in [4.78, 5) is 30.1. The van der Waals surface area contributed by atoms with E-state index in [0.717, 1.165) is 30.5 Å². The van der Waals surface area contributed by atoms with Gasteiger partial charge in [0.05, 0.1) is 24.9 Å². The fourth-order valence-corrected chi connectivity index (χ4v) is 7.91. The minimum atomic E-state index is -1.01. The Kier molecular flexibility index (Phi) is 5.99. The van der Waals surface area contributed by atoms with E-state index in [2.05, 4.69) is 30.6 Å². The summed E-state index contributed by atoms with van der Waals surface area (Å²) in [7, 11) is 3.27. The summed E-state index contributed by atoms with van der Waals surface area (Å²) >= 11 is 0. The lowest BCUT2D eigenvalue weighted by Crippen LogP contribution is -2.58. The molecule has 0 bridgehead atoms. The van der Waals surface area contributed by atoms with Gasteiger partial charge in [0.25, 0.3) is 5.91 Å². The highest BCUT2D eigenvalue weighted by molar-refractivity contribution is 6.03. The van der Waals surface area contributed by atoms with Crippen LogP contribution in [0.4, 0.5) is 0 Å². The van der Waals surface area contributed by atoms with Crippen LogP contribution < -0.4 is 15.4 Å². The summed E-state index contributed by atoms with van der Waals surface area (Å²) in [5.41, 5.74) is -0.912. The van der Waals surface area contributed by atoms with E-state index in [0.29, 0.717) is 30.9 Å². The molecule has 1 heterocycles. The Hall–Kier alpha value is -2.62. The molecule has 1 aromatic carbocycles. The van der Waals surface area contributed by atoms with E-state index < -0.39 is 33.7 Å².